The highest BCUT2D eigenvalue weighted by Gasteiger charge is 2.13. The third-order valence-electron chi connectivity index (χ3n) is 6.06. The molecular weight excluding hydrogens is 365 g/mol. The van der Waals surface area contributed by atoms with E-state index in [1.165, 1.54) is 57.3 Å². The van der Waals surface area contributed by atoms with E-state index >= 15 is 0 Å². The van der Waals surface area contributed by atoms with E-state index in [0.29, 0.717) is 5.52 Å². The van der Waals surface area contributed by atoms with Crippen LogP contribution in [0.4, 0.5) is 4.39 Å². The van der Waals surface area contributed by atoms with Gasteiger partial charge in [-0.2, -0.15) is 0 Å². The van der Waals surface area contributed by atoms with Crippen molar-refractivity contribution < 1.29 is 4.39 Å². The number of hydrogen-bond donors (Lipinski definition) is 2. The van der Waals surface area contributed by atoms with Crippen LogP contribution in [0.5, 0.6) is 0 Å². The number of aromatic amines is 1. The lowest BCUT2D eigenvalue weighted by molar-refractivity contribution is 0.341. The van der Waals surface area contributed by atoms with Crippen molar-refractivity contribution in [3.8, 4) is 11.4 Å². The lowest BCUT2D eigenvalue weighted by Crippen LogP contribution is -2.27. The molecule has 1 aliphatic rings. The van der Waals surface area contributed by atoms with Crippen LogP contribution in [0, 0.1) is 11.7 Å². The van der Waals surface area contributed by atoms with E-state index in [1.807, 2.05) is 6.33 Å². The molecule has 1 fully saturated rings. The Morgan fingerprint density at radius 3 is 2.83 bits per heavy atom. The normalized spacial score (nSPS) is 15.5. The minimum absolute atomic E-state index is 0.273. The highest BCUT2D eigenvalue weighted by Crippen LogP contribution is 2.25. The third kappa shape index (κ3) is 3.90. The fraction of sp³-hybridized carbons (Fsp3) is 0.391. The number of piperidine rings is 1. The van der Waals surface area contributed by atoms with Gasteiger partial charge in [0.15, 0.2) is 0 Å². The molecule has 3 heterocycles. The molecule has 0 radical (unpaired) electrons. The SMILES string of the molecule is Fc1ccc2[nH]c(-c3ccc4c(c3)ncn4CCCCC3CCNCC3)nc2c1. The van der Waals surface area contributed by atoms with Crippen LogP contribution in [0.3, 0.4) is 0 Å². The number of benzene rings is 2. The van der Waals surface area contributed by atoms with Crippen LogP contribution >= 0.6 is 0 Å². The van der Waals surface area contributed by atoms with Crippen LogP contribution < -0.4 is 5.32 Å². The average Bonchev–Trinajstić information content (AvgIpc) is 3.35. The summed E-state index contributed by atoms with van der Waals surface area (Å²) >= 11 is 0. The molecule has 0 unspecified atom stereocenters. The van der Waals surface area contributed by atoms with Crippen molar-refractivity contribution in [3.63, 3.8) is 0 Å². The average molecular weight is 391 g/mol. The van der Waals surface area contributed by atoms with Gasteiger partial charge in [-0.1, -0.05) is 12.8 Å². The number of nitrogens with one attached hydrogen (secondary N) is 2. The first-order valence-corrected chi connectivity index (χ1v) is 10.6. The maximum absolute atomic E-state index is 13.4. The number of hydrogen-bond acceptors (Lipinski definition) is 3. The van der Waals surface area contributed by atoms with Crippen molar-refractivity contribution in [1.29, 1.82) is 0 Å². The van der Waals surface area contributed by atoms with Crippen molar-refractivity contribution in [2.75, 3.05) is 13.1 Å². The Kier molecular flexibility index (Phi) is 5.02. The number of aryl methyl sites for hydroxylation is 1. The van der Waals surface area contributed by atoms with Gasteiger partial charge in [0.05, 0.1) is 28.4 Å². The Balaban J connectivity index is 1.27. The van der Waals surface area contributed by atoms with Crippen LogP contribution in [0.25, 0.3) is 33.5 Å². The van der Waals surface area contributed by atoms with Gasteiger partial charge >= 0.3 is 0 Å². The van der Waals surface area contributed by atoms with Crippen molar-refractivity contribution >= 4 is 22.1 Å². The van der Waals surface area contributed by atoms with Crippen molar-refractivity contribution in [1.82, 2.24) is 24.8 Å². The van der Waals surface area contributed by atoms with E-state index in [4.69, 9.17) is 0 Å². The van der Waals surface area contributed by atoms with Crippen molar-refractivity contribution in [2.24, 2.45) is 5.92 Å². The Bertz CT molecular complexity index is 1120. The summed E-state index contributed by atoms with van der Waals surface area (Å²) in [7, 11) is 0. The zero-order chi connectivity index (χ0) is 19.6. The maximum Gasteiger partial charge on any atom is 0.138 e. The van der Waals surface area contributed by atoms with E-state index in [2.05, 4.69) is 43.0 Å². The zero-order valence-corrected chi connectivity index (χ0v) is 16.5. The number of imidazole rings is 2. The topological polar surface area (TPSA) is 58.5 Å². The van der Waals surface area contributed by atoms with Gasteiger partial charge in [0.25, 0.3) is 0 Å². The minimum atomic E-state index is -0.273. The van der Waals surface area contributed by atoms with Gasteiger partial charge in [0, 0.05) is 18.2 Å². The molecular formula is C23H26FN5. The third-order valence-corrected chi connectivity index (χ3v) is 6.06. The fourth-order valence-corrected chi connectivity index (χ4v) is 4.39. The molecule has 2 N–H and O–H groups in total. The van der Waals surface area contributed by atoms with Gasteiger partial charge in [-0.05, 0) is 68.6 Å². The summed E-state index contributed by atoms with van der Waals surface area (Å²) in [5, 5.41) is 3.44. The molecule has 5 nitrogen and oxygen atoms in total. The van der Waals surface area contributed by atoms with Gasteiger partial charge in [-0.3, -0.25) is 0 Å². The number of fused-ring (bicyclic) bond motifs is 2. The number of aromatic nitrogens is 4. The second-order valence-corrected chi connectivity index (χ2v) is 8.08. The van der Waals surface area contributed by atoms with E-state index in [-0.39, 0.29) is 5.82 Å². The van der Waals surface area contributed by atoms with Crippen molar-refractivity contribution in [3.05, 3.63) is 48.5 Å². The van der Waals surface area contributed by atoms with Crippen LogP contribution in [-0.2, 0) is 6.54 Å². The highest BCUT2D eigenvalue weighted by molar-refractivity contribution is 5.84. The first kappa shape index (κ1) is 18.3. The molecule has 0 aliphatic carbocycles. The van der Waals surface area contributed by atoms with Crippen LogP contribution in [0.15, 0.2) is 42.7 Å². The van der Waals surface area contributed by atoms with E-state index < -0.39 is 0 Å². The molecule has 1 saturated heterocycles. The van der Waals surface area contributed by atoms with Crippen LogP contribution in [0.1, 0.15) is 32.1 Å². The lowest BCUT2D eigenvalue weighted by Gasteiger charge is -2.22. The first-order chi connectivity index (χ1) is 14.3. The Labute approximate surface area is 169 Å². The Morgan fingerprint density at radius 1 is 1.03 bits per heavy atom. The second-order valence-electron chi connectivity index (χ2n) is 8.08. The molecule has 0 saturated carbocycles. The molecule has 0 spiro atoms. The van der Waals surface area contributed by atoms with Crippen molar-refractivity contribution in [2.45, 2.75) is 38.6 Å². The largest absolute Gasteiger partial charge is 0.338 e. The zero-order valence-electron chi connectivity index (χ0n) is 16.5. The number of halogens is 1. The molecule has 1 aliphatic heterocycles. The number of nitrogens with zero attached hydrogens (tertiary/aromatic N) is 3. The molecule has 2 aromatic heterocycles. The fourth-order valence-electron chi connectivity index (χ4n) is 4.39. The predicted octanol–water partition coefficient (Wildman–Crippen LogP) is 4.89. The van der Waals surface area contributed by atoms with Gasteiger partial charge in [-0.15, -0.1) is 0 Å². The van der Waals surface area contributed by atoms with Gasteiger partial charge in [0.1, 0.15) is 11.6 Å². The summed E-state index contributed by atoms with van der Waals surface area (Å²) in [6.45, 7) is 3.36. The van der Waals surface area contributed by atoms with E-state index in [1.54, 1.807) is 6.07 Å². The molecule has 0 bridgehead atoms. The molecule has 6 heteroatoms. The van der Waals surface area contributed by atoms with Gasteiger partial charge in [-0.25, -0.2) is 14.4 Å². The summed E-state index contributed by atoms with van der Waals surface area (Å²) in [6, 6.07) is 10.8. The predicted molar refractivity (Wildman–Crippen MR) is 114 cm³/mol. The summed E-state index contributed by atoms with van der Waals surface area (Å²) < 4.78 is 15.7. The summed E-state index contributed by atoms with van der Waals surface area (Å²) in [5.41, 5.74) is 4.55. The lowest BCUT2D eigenvalue weighted by atomic mass is 9.92. The van der Waals surface area contributed by atoms with Crippen LogP contribution in [0.2, 0.25) is 0 Å². The van der Waals surface area contributed by atoms with Gasteiger partial charge < -0.3 is 14.9 Å². The smallest absolute Gasteiger partial charge is 0.138 e. The quantitative estimate of drug-likeness (QED) is 0.460. The molecule has 0 atom stereocenters. The maximum atomic E-state index is 13.4. The molecule has 0 amide bonds. The summed E-state index contributed by atoms with van der Waals surface area (Å²) in [5.74, 6) is 1.37. The number of rotatable bonds is 6. The van der Waals surface area contributed by atoms with E-state index in [0.717, 1.165) is 40.4 Å². The number of H-pyrrole nitrogens is 1. The van der Waals surface area contributed by atoms with Gasteiger partial charge in [0.2, 0.25) is 0 Å². The molecule has 4 aromatic rings. The second kappa shape index (κ2) is 7.95. The van der Waals surface area contributed by atoms with Crippen LogP contribution in [-0.4, -0.2) is 32.6 Å². The Morgan fingerprint density at radius 2 is 1.93 bits per heavy atom. The Hall–Kier alpha value is -2.73. The minimum Gasteiger partial charge on any atom is -0.338 e. The summed E-state index contributed by atoms with van der Waals surface area (Å²) in [4.78, 5) is 12.4. The molecule has 29 heavy (non-hydrogen) atoms. The number of unbranched alkanes of at least 4 members (excludes halogenated alkanes) is 1. The highest BCUT2D eigenvalue weighted by atomic mass is 19.1. The van der Waals surface area contributed by atoms with E-state index in [9.17, 15) is 4.39 Å². The summed E-state index contributed by atoms with van der Waals surface area (Å²) in [6.07, 6.45) is 8.39. The molecule has 5 rings (SSSR count). The standard InChI is InChI=1S/C23H26FN5/c24-18-5-6-19-20(14-18)28-23(27-19)17-4-7-22-21(13-17)26-15-29(22)12-2-1-3-16-8-10-25-11-9-16/h4-7,13-16,25H,1-3,8-12H2,(H,27,28). The molecule has 150 valence electrons. The first-order valence-electron chi connectivity index (χ1n) is 10.6. The molecule has 2 aromatic carbocycles. The monoisotopic (exact) mass is 391 g/mol.